The van der Waals surface area contributed by atoms with Crippen molar-refractivity contribution in [3.8, 4) is 0 Å². The van der Waals surface area contributed by atoms with E-state index in [9.17, 15) is 4.79 Å². The summed E-state index contributed by atoms with van der Waals surface area (Å²) in [5.74, 6) is 0. The molecule has 0 spiro atoms. The summed E-state index contributed by atoms with van der Waals surface area (Å²) in [6.07, 6.45) is 10.0. The van der Waals surface area contributed by atoms with Crippen LogP contribution in [0, 0.1) is 5.41 Å². The Balaban J connectivity index is 2.41. The molecule has 1 fully saturated rings. The Morgan fingerprint density at radius 3 is 2.77 bits per heavy atom. The van der Waals surface area contributed by atoms with Gasteiger partial charge in [-0.1, -0.05) is 25.5 Å². The summed E-state index contributed by atoms with van der Waals surface area (Å²) in [5.41, 5.74) is 2.06. The second kappa shape index (κ2) is 4.59. The van der Waals surface area contributed by atoms with Gasteiger partial charge in [0.1, 0.15) is 6.29 Å². The predicted octanol–water partition coefficient (Wildman–Crippen LogP) is 3.49. The normalized spacial score (nSPS) is 24.6. The van der Waals surface area contributed by atoms with Gasteiger partial charge in [-0.2, -0.15) is 0 Å². The van der Waals surface area contributed by atoms with Crippen LogP contribution in [0.3, 0.4) is 0 Å². The van der Waals surface area contributed by atoms with E-state index >= 15 is 0 Å². The Labute approximate surface area is 81.2 Å². The van der Waals surface area contributed by atoms with Gasteiger partial charge in [-0.25, -0.2) is 0 Å². The van der Waals surface area contributed by atoms with Crippen molar-refractivity contribution >= 4 is 6.29 Å². The van der Waals surface area contributed by atoms with E-state index in [0.717, 1.165) is 12.7 Å². The number of rotatable bonds is 3. The minimum absolute atomic E-state index is 0.491. The van der Waals surface area contributed by atoms with Gasteiger partial charge in [-0.3, -0.25) is 0 Å². The van der Waals surface area contributed by atoms with Crippen LogP contribution in [-0.2, 0) is 4.79 Å². The lowest BCUT2D eigenvalue weighted by Gasteiger charge is -2.31. The number of hydrogen-bond donors (Lipinski definition) is 0. The maximum Gasteiger partial charge on any atom is 0.120 e. The van der Waals surface area contributed by atoms with Crippen molar-refractivity contribution in [3.05, 3.63) is 11.6 Å². The van der Waals surface area contributed by atoms with Crippen LogP contribution < -0.4 is 0 Å². The van der Waals surface area contributed by atoms with E-state index in [4.69, 9.17) is 0 Å². The fraction of sp³-hybridized carbons (Fsp3) is 0.750. The molecule has 0 bridgehead atoms. The van der Waals surface area contributed by atoms with Gasteiger partial charge < -0.3 is 4.79 Å². The van der Waals surface area contributed by atoms with Crippen LogP contribution in [0.5, 0.6) is 0 Å². The predicted molar refractivity (Wildman–Crippen MR) is 55.6 cm³/mol. The summed E-state index contributed by atoms with van der Waals surface area (Å²) < 4.78 is 0. The van der Waals surface area contributed by atoms with Gasteiger partial charge in [-0.05, 0) is 37.5 Å². The number of unbranched alkanes of at least 4 members (excludes halogenated alkanes) is 1. The highest BCUT2D eigenvalue weighted by atomic mass is 16.1. The summed E-state index contributed by atoms with van der Waals surface area (Å²) in [7, 11) is 0. The molecule has 0 heterocycles. The Morgan fingerprint density at radius 1 is 1.38 bits per heavy atom. The number of carbonyl (C=O) groups excluding carboxylic acids is 1. The van der Waals surface area contributed by atoms with Crippen LogP contribution in [0.25, 0.3) is 0 Å². The van der Waals surface area contributed by atoms with Gasteiger partial charge in [0.2, 0.25) is 0 Å². The van der Waals surface area contributed by atoms with Crippen molar-refractivity contribution < 1.29 is 4.79 Å². The van der Waals surface area contributed by atoms with Crippen molar-refractivity contribution in [1.82, 2.24) is 0 Å². The zero-order valence-corrected chi connectivity index (χ0v) is 8.81. The second-order valence-corrected chi connectivity index (χ2v) is 4.80. The molecule has 1 heteroatoms. The lowest BCUT2D eigenvalue weighted by atomic mass is 9.75. The van der Waals surface area contributed by atoms with Crippen molar-refractivity contribution in [1.29, 1.82) is 0 Å². The van der Waals surface area contributed by atoms with E-state index < -0.39 is 0 Å². The molecule has 13 heavy (non-hydrogen) atoms. The first-order valence-corrected chi connectivity index (χ1v) is 5.26. The smallest absolute Gasteiger partial charge is 0.120 e. The monoisotopic (exact) mass is 180 g/mol. The first-order chi connectivity index (χ1) is 6.14. The molecular formula is C12H20O. The second-order valence-electron chi connectivity index (χ2n) is 4.80. The summed E-state index contributed by atoms with van der Waals surface area (Å²) in [6, 6.07) is 0. The Morgan fingerprint density at radius 2 is 2.15 bits per heavy atom. The molecule has 0 atom stereocenters. The third-order valence-electron chi connectivity index (χ3n) is 2.77. The molecule has 1 rings (SSSR count). The molecule has 0 aromatic rings. The van der Waals surface area contributed by atoms with Gasteiger partial charge in [0.05, 0.1) is 0 Å². The fourth-order valence-corrected chi connectivity index (χ4v) is 2.12. The summed E-state index contributed by atoms with van der Waals surface area (Å²) in [5, 5.41) is 0. The van der Waals surface area contributed by atoms with Gasteiger partial charge in [-0.15, -0.1) is 0 Å². The molecule has 0 aromatic carbocycles. The first-order valence-electron chi connectivity index (χ1n) is 5.26. The quantitative estimate of drug-likeness (QED) is 0.369. The van der Waals surface area contributed by atoms with Crippen LogP contribution in [0.4, 0.5) is 0 Å². The van der Waals surface area contributed by atoms with E-state index in [1.165, 1.54) is 25.7 Å². The molecule has 0 saturated heterocycles. The standard InChI is InChI=1S/C12H20O/c1-12(2)8-5-7-11(10-12)6-3-4-9-13/h6,9H,3-5,7-8,10H2,1-2H3/b11-6-. The van der Waals surface area contributed by atoms with Crippen molar-refractivity contribution in [2.75, 3.05) is 0 Å². The van der Waals surface area contributed by atoms with Crippen LogP contribution in [0.15, 0.2) is 11.6 Å². The molecule has 0 unspecified atom stereocenters. The molecule has 1 nitrogen and oxygen atoms in total. The van der Waals surface area contributed by atoms with E-state index in [0.29, 0.717) is 11.8 Å². The summed E-state index contributed by atoms with van der Waals surface area (Å²) >= 11 is 0. The van der Waals surface area contributed by atoms with Gasteiger partial charge in [0.15, 0.2) is 0 Å². The first kappa shape index (κ1) is 10.5. The van der Waals surface area contributed by atoms with E-state index in [1.54, 1.807) is 5.57 Å². The third kappa shape index (κ3) is 3.75. The highest BCUT2D eigenvalue weighted by molar-refractivity contribution is 5.49. The maximum absolute atomic E-state index is 10.1. The average Bonchev–Trinajstić information content (AvgIpc) is 2.03. The largest absolute Gasteiger partial charge is 0.303 e. The SMILES string of the molecule is CC1(C)CCC/C(=C/CCC=O)C1. The zero-order chi connectivity index (χ0) is 9.73. The molecule has 0 N–H and O–H groups in total. The van der Waals surface area contributed by atoms with E-state index in [1.807, 2.05) is 0 Å². The summed E-state index contributed by atoms with van der Waals surface area (Å²) in [4.78, 5) is 10.1. The molecule has 1 saturated carbocycles. The number of allylic oxidation sites excluding steroid dienone is 2. The minimum atomic E-state index is 0.491. The topological polar surface area (TPSA) is 17.1 Å². The minimum Gasteiger partial charge on any atom is -0.303 e. The van der Waals surface area contributed by atoms with Crippen LogP contribution in [-0.4, -0.2) is 6.29 Å². The van der Waals surface area contributed by atoms with Crippen molar-refractivity contribution in [3.63, 3.8) is 0 Å². The highest BCUT2D eigenvalue weighted by Gasteiger charge is 2.23. The van der Waals surface area contributed by atoms with E-state index in [-0.39, 0.29) is 0 Å². The fourth-order valence-electron chi connectivity index (χ4n) is 2.12. The molecule has 0 aromatic heterocycles. The molecule has 0 aliphatic heterocycles. The summed E-state index contributed by atoms with van der Waals surface area (Å²) in [6.45, 7) is 4.67. The number of hydrogen-bond acceptors (Lipinski definition) is 1. The van der Waals surface area contributed by atoms with Crippen molar-refractivity contribution in [2.45, 2.75) is 52.4 Å². The molecule has 0 radical (unpaired) electrons. The number of carbonyl (C=O) groups is 1. The Bertz CT molecular complexity index is 201. The maximum atomic E-state index is 10.1. The number of aldehydes is 1. The van der Waals surface area contributed by atoms with Crippen LogP contribution in [0.2, 0.25) is 0 Å². The molecule has 0 amide bonds. The molecule has 1 aliphatic carbocycles. The third-order valence-corrected chi connectivity index (χ3v) is 2.77. The van der Waals surface area contributed by atoms with Gasteiger partial charge >= 0.3 is 0 Å². The zero-order valence-electron chi connectivity index (χ0n) is 8.81. The Kier molecular flexibility index (Phi) is 3.71. The van der Waals surface area contributed by atoms with Gasteiger partial charge in [0, 0.05) is 6.42 Å². The van der Waals surface area contributed by atoms with Crippen LogP contribution in [0.1, 0.15) is 52.4 Å². The lowest BCUT2D eigenvalue weighted by molar-refractivity contribution is -0.107. The average molecular weight is 180 g/mol. The molecular weight excluding hydrogens is 160 g/mol. The lowest BCUT2D eigenvalue weighted by Crippen LogP contribution is -2.16. The van der Waals surface area contributed by atoms with Gasteiger partial charge in [0.25, 0.3) is 0 Å². The molecule has 74 valence electrons. The highest BCUT2D eigenvalue weighted by Crippen LogP contribution is 2.38. The van der Waals surface area contributed by atoms with E-state index in [2.05, 4.69) is 19.9 Å². The van der Waals surface area contributed by atoms with Crippen molar-refractivity contribution in [2.24, 2.45) is 5.41 Å². The van der Waals surface area contributed by atoms with Crippen LogP contribution >= 0.6 is 0 Å². The molecule has 1 aliphatic rings. The Hall–Kier alpha value is -0.590.